The minimum absolute atomic E-state index is 0.162. The molecule has 1 aromatic heterocycles. The van der Waals surface area contributed by atoms with E-state index in [1.54, 1.807) is 18.3 Å². The van der Waals surface area contributed by atoms with E-state index in [0.717, 1.165) is 17.6 Å². The monoisotopic (exact) mass is 361 g/mol. The van der Waals surface area contributed by atoms with E-state index in [1.807, 2.05) is 24.3 Å². The van der Waals surface area contributed by atoms with Crippen LogP contribution in [0, 0.1) is 5.92 Å². The summed E-state index contributed by atoms with van der Waals surface area (Å²) in [6.45, 7) is 2.57. The van der Waals surface area contributed by atoms with E-state index < -0.39 is 0 Å². The lowest BCUT2D eigenvalue weighted by Gasteiger charge is -2.27. The van der Waals surface area contributed by atoms with Gasteiger partial charge >= 0.3 is 0 Å². The molecule has 1 aliphatic rings. The highest BCUT2D eigenvalue weighted by atomic mass is 79.9. The van der Waals surface area contributed by atoms with Gasteiger partial charge in [-0.2, -0.15) is 0 Å². The number of nitrogens with one attached hydrogen (secondary N) is 2. The molecule has 1 fully saturated rings. The van der Waals surface area contributed by atoms with Gasteiger partial charge in [0.25, 0.3) is 5.91 Å². The fraction of sp³-hybridized carbons (Fsp3) is 0.250. The smallest absolute Gasteiger partial charge is 0.256 e. The third-order valence-electron chi connectivity index (χ3n) is 3.44. The van der Waals surface area contributed by atoms with Crippen LogP contribution >= 0.6 is 15.9 Å². The molecular formula is C16H16BrN3O2. The van der Waals surface area contributed by atoms with Crippen molar-refractivity contribution in [2.45, 2.75) is 0 Å². The van der Waals surface area contributed by atoms with Gasteiger partial charge in [0.05, 0.1) is 0 Å². The number of nitrogens with zero attached hydrogens (tertiary/aromatic N) is 1. The van der Waals surface area contributed by atoms with E-state index in [-0.39, 0.29) is 5.91 Å². The fourth-order valence-electron chi connectivity index (χ4n) is 2.11. The Labute approximate surface area is 137 Å². The second-order valence-electron chi connectivity index (χ2n) is 5.15. The summed E-state index contributed by atoms with van der Waals surface area (Å²) in [6.07, 6.45) is 1.61. The predicted molar refractivity (Wildman–Crippen MR) is 87.1 cm³/mol. The molecule has 5 nitrogen and oxygen atoms in total. The molecule has 2 heterocycles. The topological polar surface area (TPSA) is 63.2 Å². The summed E-state index contributed by atoms with van der Waals surface area (Å²) >= 11 is 3.39. The molecule has 0 bridgehead atoms. The largest absolute Gasteiger partial charge is 0.438 e. The van der Waals surface area contributed by atoms with E-state index in [1.165, 1.54) is 0 Å². The maximum Gasteiger partial charge on any atom is 0.256 e. The Morgan fingerprint density at radius 2 is 2.23 bits per heavy atom. The van der Waals surface area contributed by atoms with Crippen molar-refractivity contribution in [1.82, 2.24) is 15.6 Å². The summed E-state index contributed by atoms with van der Waals surface area (Å²) in [5.74, 6) is 1.29. The number of carbonyl (C=O) groups excluding carboxylic acids is 1. The van der Waals surface area contributed by atoms with Crippen LogP contribution in [0.15, 0.2) is 47.1 Å². The normalized spacial score (nSPS) is 14.2. The number of hydrogen-bond donors (Lipinski definition) is 2. The van der Waals surface area contributed by atoms with Crippen molar-refractivity contribution < 1.29 is 9.53 Å². The zero-order valence-electron chi connectivity index (χ0n) is 11.9. The van der Waals surface area contributed by atoms with Gasteiger partial charge in [-0.15, -0.1) is 0 Å². The van der Waals surface area contributed by atoms with Crippen molar-refractivity contribution in [2.75, 3.05) is 19.6 Å². The summed E-state index contributed by atoms with van der Waals surface area (Å²) in [6, 6.07) is 10.9. The van der Waals surface area contributed by atoms with E-state index in [4.69, 9.17) is 4.74 Å². The van der Waals surface area contributed by atoms with Gasteiger partial charge in [0.15, 0.2) is 0 Å². The van der Waals surface area contributed by atoms with Gasteiger partial charge in [0.1, 0.15) is 11.3 Å². The highest BCUT2D eigenvalue weighted by Gasteiger charge is 2.19. The van der Waals surface area contributed by atoms with Crippen LogP contribution in [0.4, 0.5) is 0 Å². The Balaban J connectivity index is 1.72. The van der Waals surface area contributed by atoms with E-state index >= 15 is 0 Å². The highest BCUT2D eigenvalue weighted by molar-refractivity contribution is 9.10. The molecular weight excluding hydrogens is 346 g/mol. The van der Waals surface area contributed by atoms with Gasteiger partial charge in [0.2, 0.25) is 5.88 Å². The summed E-state index contributed by atoms with van der Waals surface area (Å²) in [7, 11) is 0. The first kappa shape index (κ1) is 15.0. The van der Waals surface area contributed by atoms with Crippen molar-refractivity contribution >= 4 is 21.8 Å². The number of amides is 1. The molecule has 3 rings (SSSR count). The van der Waals surface area contributed by atoms with Crippen molar-refractivity contribution in [1.29, 1.82) is 0 Å². The lowest BCUT2D eigenvalue weighted by molar-refractivity contribution is 0.0939. The van der Waals surface area contributed by atoms with Crippen molar-refractivity contribution in [3.8, 4) is 11.6 Å². The van der Waals surface area contributed by atoms with E-state index in [9.17, 15) is 4.79 Å². The molecule has 1 saturated heterocycles. The fourth-order valence-corrected chi connectivity index (χ4v) is 2.49. The average molecular weight is 362 g/mol. The molecule has 0 unspecified atom stereocenters. The van der Waals surface area contributed by atoms with Gasteiger partial charge in [-0.05, 0) is 30.3 Å². The van der Waals surface area contributed by atoms with Crippen molar-refractivity contribution in [2.24, 2.45) is 5.92 Å². The zero-order valence-corrected chi connectivity index (χ0v) is 13.5. The Morgan fingerprint density at radius 3 is 2.95 bits per heavy atom. The van der Waals surface area contributed by atoms with Crippen LogP contribution in [0.2, 0.25) is 0 Å². The molecule has 1 aliphatic heterocycles. The summed E-state index contributed by atoms with van der Waals surface area (Å²) < 4.78 is 6.65. The number of pyridine rings is 1. The third-order valence-corrected chi connectivity index (χ3v) is 3.94. The lowest BCUT2D eigenvalue weighted by Crippen LogP contribution is -2.48. The zero-order chi connectivity index (χ0) is 15.4. The first-order valence-electron chi connectivity index (χ1n) is 7.10. The molecule has 0 saturated carbocycles. The molecule has 114 valence electrons. The van der Waals surface area contributed by atoms with Crippen LogP contribution in [-0.2, 0) is 0 Å². The Bertz CT molecular complexity index is 674. The number of halogens is 1. The van der Waals surface area contributed by atoms with Crippen molar-refractivity contribution in [3.05, 3.63) is 52.6 Å². The third kappa shape index (κ3) is 3.64. The van der Waals surface area contributed by atoms with Crippen LogP contribution in [0.25, 0.3) is 0 Å². The highest BCUT2D eigenvalue weighted by Crippen LogP contribution is 2.25. The van der Waals surface area contributed by atoms with E-state index in [0.29, 0.717) is 29.7 Å². The number of ether oxygens (including phenoxy) is 1. The van der Waals surface area contributed by atoms with Gasteiger partial charge < -0.3 is 15.4 Å². The minimum Gasteiger partial charge on any atom is -0.438 e. The quantitative estimate of drug-likeness (QED) is 0.858. The number of aromatic nitrogens is 1. The number of carbonyl (C=O) groups is 1. The summed E-state index contributed by atoms with van der Waals surface area (Å²) in [4.78, 5) is 16.5. The number of benzene rings is 1. The van der Waals surface area contributed by atoms with Crippen LogP contribution in [0.5, 0.6) is 11.6 Å². The Kier molecular flexibility index (Phi) is 4.70. The molecule has 1 amide bonds. The molecule has 22 heavy (non-hydrogen) atoms. The van der Waals surface area contributed by atoms with E-state index in [2.05, 4.69) is 31.5 Å². The molecule has 2 aromatic rings. The number of rotatable bonds is 5. The van der Waals surface area contributed by atoms with Crippen LogP contribution in [0.3, 0.4) is 0 Å². The molecule has 1 aromatic carbocycles. The van der Waals surface area contributed by atoms with Crippen LogP contribution < -0.4 is 15.4 Å². The second kappa shape index (κ2) is 6.89. The molecule has 6 heteroatoms. The summed E-state index contributed by atoms with van der Waals surface area (Å²) in [5, 5.41) is 6.11. The van der Waals surface area contributed by atoms with Crippen LogP contribution in [0.1, 0.15) is 10.4 Å². The Hall–Kier alpha value is -1.92. The minimum atomic E-state index is -0.162. The molecule has 0 atom stereocenters. The SMILES string of the molecule is O=C(NCC1CNC1)c1cccnc1Oc1cccc(Br)c1. The van der Waals surface area contributed by atoms with Gasteiger partial charge in [-0.3, -0.25) is 4.79 Å². The first-order chi connectivity index (χ1) is 10.7. The second-order valence-corrected chi connectivity index (χ2v) is 6.07. The maximum atomic E-state index is 12.3. The summed E-state index contributed by atoms with van der Waals surface area (Å²) in [5.41, 5.74) is 0.440. The lowest BCUT2D eigenvalue weighted by atomic mass is 10.0. The molecule has 2 N–H and O–H groups in total. The first-order valence-corrected chi connectivity index (χ1v) is 7.89. The standard InChI is InChI=1S/C16H16BrN3O2/c17-12-3-1-4-13(7-12)22-16-14(5-2-6-19-16)15(21)20-10-11-8-18-9-11/h1-7,11,18H,8-10H2,(H,20,21). The molecule has 0 radical (unpaired) electrons. The molecule has 0 aliphatic carbocycles. The van der Waals surface area contributed by atoms with Gasteiger partial charge in [-0.25, -0.2) is 4.98 Å². The van der Waals surface area contributed by atoms with Crippen LogP contribution in [-0.4, -0.2) is 30.5 Å². The Morgan fingerprint density at radius 1 is 1.36 bits per heavy atom. The van der Waals surface area contributed by atoms with Crippen molar-refractivity contribution in [3.63, 3.8) is 0 Å². The maximum absolute atomic E-state index is 12.3. The van der Waals surface area contributed by atoms with Gasteiger partial charge in [0, 0.05) is 36.2 Å². The predicted octanol–water partition coefficient (Wildman–Crippen LogP) is 2.59. The van der Waals surface area contributed by atoms with Gasteiger partial charge in [-0.1, -0.05) is 22.0 Å². The molecule has 0 spiro atoms. The average Bonchev–Trinajstić information content (AvgIpc) is 2.46. The number of hydrogen-bond acceptors (Lipinski definition) is 4.